The molecule has 7 N–H and O–H groups in total. The van der Waals surface area contributed by atoms with Crippen molar-refractivity contribution in [3.63, 3.8) is 0 Å². The summed E-state index contributed by atoms with van der Waals surface area (Å²) in [6, 6.07) is 8.82. The van der Waals surface area contributed by atoms with Crippen LogP contribution in [0.2, 0.25) is 20.4 Å². The van der Waals surface area contributed by atoms with Crippen LogP contribution < -0.4 is 10.6 Å². The molecule has 2 aromatic carbocycles. The van der Waals surface area contributed by atoms with Gasteiger partial charge in [-0.15, -0.1) is 0 Å². The van der Waals surface area contributed by atoms with Gasteiger partial charge in [0, 0.05) is 23.5 Å². The number of esters is 2. The summed E-state index contributed by atoms with van der Waals surface area (Å²) in [6.07, 6.45) is 2.52. The number of nitrogens with zero attached hydrogens (tertiary/aromatic N) is 3. The molecule has 0 saturated carbocycles. The number of H-pyrrole nitrogens is 1. The summed E-state index contributed by atoms with van der Waals surface area (Å²) in [5.74, 6) is -3.81. The lowest BCUT2D eigenvalue weighted by Crippen LogP contribution is -2.20. The number of carbonyl (C=O) groups is 4. The Balaban J connectivity index is 1.70. The molecule has 0 atom stereocenters. The number of nitrogens with one attached hydrogen (secondary N) is 5. The number of aromatic hydroxyl groups is 2. The highest BCUT2D eigenvalue weighted by molar-refractivity contribution is 6.45. The molecule has 0 saturated heterocycles. The molecule has 2 aromatic heterocycles. The Hall–Kier alpha value is -5.68. The van der Waals surface area contributed by atoms with Gasteiger partial charge in [-0.2, -0.15) is 10.2 Å². The van der Waals surface area contributed by atoms with Crippen LogP contribution in [0.1, 0.15) is 57.1 Å². The van der Waals surface area contributed by atoms with Crippen LogP contribution in [-0.4, -0.2) is 69.6 Å². The van der Waals surface area contributed by atoms with Crippen molar-refractivity contribution in [1.82, 2.24) is 20.2 Å². The van der Waals surface area contributed by atoms with Gasteiger partial charge in [0.1, 0.15) is 57.0 Å². The van der Waals surface area contributed by atoms with Gasteiger partial charge in [-0.1, -0.05) is 58.5 Å². The topological polar surface area (TPSA) is 244 Å². The SMILES string of the molecule is CCOC(=O)CNC=C(N=N)c1ccc(C(=O)c2[nH]c(Cl)c(Cl)c2-n2c(C(=O)c3ccc(C(=CNCC(=O)OCC)N=N)cc3O)cc(Cl)c2Cl)c(O)c1. The van der Waals surface area contributed by atoms with E-state index in [1.807, 2.05) is 0 Å². The average molecular weight is 820 g/mol. The number of rotatable bonds is 17. The number of halogens is 4. The Labute approximate surface area is 326 Å². The van der Waals surface area contributed by atoms with E-state index in [0.29, 0.717) is 0 Å². The Kier molecular flexibility index (Phi) is 14.0. The standard InChI is InChI=1S/C34H30Cl4N8O8/c1-3-53-26(49)14-41-12-21(44-39)16-5-7-18(24(47)9-16)31(51)23-11-20(35)34(38)46(23)30-28(36)33(37)43-29(30)32(52)19-8-6-17(10-25(19)48)22(45-40)13-42-15-27(50)54-4-2/h5-13,39-43,47-48H,3-4,14-15H2,1-2H3. The Morgan fingerprint density at radius 3 is 1.72 bits per heavy atom. The molecule has 0 aliphatic carbocycles. The van der Waals surface area contributed by atoms with Crippen molar-refractivity contribution in [3.8, 4) is 17.2 Å². The monoisotopic (exact) mass is 818 g/mol. The van der Waals surface area contributed by atoms with Crippen LogP contribution in [0.3, 0.4) is 0 Å². The predicted molar refractivity (Wildman–Crippen MR) is 199 cm³/mol. The van der Waals surface area contributed by atoms with Gasteiger partial charge in [-0.25, -0.2) is 11.1 Å². The van der Waals surface area contributed by atoms with Gasteiger partial charge in [-0.3, -0.25) is 23.7 Å². The summed E-state index contributed by atoms with van der Waals surface area (Å²) in [6.45, 7) is 3.28. The van der Waals surface area contributed by atoms with Crippen molar-refractivity contribution in [2.24, 2.45) is 10.2 Å². The molecule has 0 unspecified atom stereocenters. The third-order valence-corrected chi connectivity index (χ3v) is 8.86. The van der Waals surface area contributed by atoms with Gasteiger partial charge < -0.3 is 35.3 Å². The maximum Gasteiger partial charge on any atom is 0.325 e. The molecule has 0 fully saturated rings. The van der Waals surface area contributed by atoms with Crippen LogP contribution in [0.25, 0.3) is 17.1 Å². The average Bonchev–Trinajstić information content (AvgIpc) is 3.60. The van der Waals surface area contributed by atoms with Crippen LogP contribution in [-0.2, 0) is 19.1 Å². The summed E-state index contributed by atoms with van der Waals surface area (Å²) in [7, 11) is 0. The van der Waals surface area contributed by atoms with Crippen molar-refractivity contribution in [2.45, 2.75) is 13.8 Å². The van der Waals surface area contributed by atoms with Gasteiger partial charge in [0.15, 0.2) is 0 Å². The van der Waals surface area contributed by atoms with Crippen molar-refractivity contribution in [1.29, 1.82) is 11.1 Å². The van der Waals surface area contributed by atoms with E-state index in [4.69, 9.17) is 66.9 Å². The smallest absolute Gasteiger partial charge is 0.325 e. The van der Waals surface area contributed by atoms with Crippen LogP contribution >= 0.6 is 46.4 Å². The quantitative estimate of drug-likeness (QED) is 0.0319. The van der Waals surface area contributed by atoms with Gasteiger partial charge >= 0.3 is 11.9 Å². The number of aromatic nitrogens is 2. The van der Waals surface area contributed by atoms with Crippen LogP contribution in [0.4, 0.5) is 0 Å². The number of benzene rings is 2. The Bertz CT molecular complexity index is 2060. The molecule has 0 aliphatic rings. The second-order valence-corrected chi connectivity index (χ2v) is 12.3. The van der Waals surface area contributed by atoms with Gasteiger partial charge in [-0.05, 0) is 44.2 Å². The van der Waals surface area contributed by atoms with Gasteiger partial charge in [0.05, 0.1) is 40.7 Å². The Morgan fingerprint density at radius 1 is 0.796 bits per heavy atom. The van der Waals surface area contributed by atoms with Gasteiger partial charge in [0.25, 0.3) is 0 Å². The lowest BCUT2D eigenvalue weighted by molar-refractivity contribution is -0.142. The summed E-state index contributed by atoms with van der Waals surface area (Å²) in [4.78, 5) is 53.8. The minimum atomic E-state index is -0.849. The fourth-order valence-electron chi connectivity index (χ4n) is 4.94. The van der Waals surface area contributed by atoms with E-state index in [2.05, 4.69) is 25.8 Å². The molecule has 0 bridgehead atoms. The van der Waals surface area contributed by atoms with E-state index in [1.165, 1.54) is 54.9 Å². The molecule has 4 aromatic rings. The lowest BCUT2D eigenvalue weighted by Gasteiger charge is -2.13. The number of ether oxygens (including phenoxy) is 2. The first-order chi connectivity index (χ1) is 25.8. The minimum Gasteiger partial charge on any atom is -0.507 e. The van der Waals surface area contributed by atoms with E-state index < -0.39 is 35.0 Å². The highest BCUT2D eigenvalue weighted by Crippen LogP contribution is 2.41. The van der Waals surface area contributed by atoms with Crippen molar-refractivity contribution < 1.29 is 38.9 Å². The van der Waals surface area contributed by atoms with E-state index in [9.17, 15) is 29.4 Å². The van der Waals surface area contributed by atoms with Crippen molar-refractivity contribution in [2.75, 3.05) is 26.3 Å². The van der Waals surface area contributed by atoms with Crippen molar-refractivity contribution >= 4 is 81.3 Å². The molecule has 0 amide bonds. The molecule has 16 nitrogen and oxygen atoms in total. The number of hydrogen-bond donors (Lipinski definition) is 7. The zero-order valence-electron chi connectivity index (χ0n) is 28.2. The predicted octanol–water partition coefficient (Wildman–Crippen LogP) is 7.26. The first kappa shape index (κ1) is 41.1. The second kappa shape index (κ2) is 18.4. The molecule has 282 valence electrons. The molecular formula is C34H30Cl4N8O8. The fraction of sp³-hybridized carbons (Fsp3) is 0.176. The molecule has 2 heterocycles. The molecule has 4 rings (SSSR count). The Morgan fingerprint density at radius 2 is 1.28 bits per heavy atom. The lowest BCUT2D eigenvalue weighted by atomic mass is 10.0. The molecule has 54 heavy (non-hydrogen) atoms. The maximum absolute atomic E-state index is 14.0. The van der Waals surface area contributed by atoms with Gasteiger partial charge in [0.2, 0.25) is 11.6 Å². The largest absolute Gasteiger partial charge is 0.507 e. The molecule has 0 aliphatic heterocycles. The molecule has 0 radical (unpaired) electrons. The maximum atomic E-state index is 14.0. The summed E-state index contributed by atoms with van der Waals surface area (Å²) in [5, 5.41) is 33.2. The summed E-state index contributed by atoms with van der Waals surface area (Å²) < 4.78 is 10.7. The van der Waals surface area contributed by atoms with E-state index >= 15 is 0 Å². The molecule has 0 spiro atoms. The summed E-state index contributed by atoms with van der Waals surface area (Å²) in [5.41, 5.74) is 14.2. The highest BCUT2D eigenvalue weighted by Gasteiger charge is 2.31. The van der Waals surface area contributed by atoms with Crippen molar-refractivity contribution in [3.05, 3.63) is 109 Å². The van der Waals surface area contributed by atoms with Crippen LogP contribution in [0.15, 0.2) is 65.1 Å². The number of hydrogen-bond acceptors (Lipinski definition) is 14. The normalized spacial score (nSPS) is 11.5. The number of ketones is 2. The first-order valence-corrected chi connectivity index (χ1v) is 17.1. The van der Waals surface area contributed by atoms with E-state index in [0.717, 1.165) is 4.57 Å². The number of phenolic OH excluding ortho intramolecular Hbond substituents is 2. The number of carbonyl (C=O) groups excluding carboxylic acids is 4. The van der Waals surface area contributed by atoms with Crippen LogP contribution in [0.5, 0.6) is 11.5 Å². The van der Waals surface area contributed by atoms with E-state index in [1.54, 1.807) is 13.8 Å². The highest BCUT2D eigenvalue weighted by atomic mass is 35.5. The molecular weight excluding hydrogens is 790 g/mol. The summed E-state index contributed by atoms with van der Waals surface area (Å²) >= 11 is 25.9. The minimum absolute atomic E-state index is 0.0143. The first-order valence-electron chi connectivity index (χ1n) is 15.6. The zero-order valence-corrected chi connectivity index (χ0v) is 31.2. The zero-order chi connectivity index (χ0) is 39.7. The third kappa shape index (κ3) is 9.09. The molecule has 20 heteroatoms. The third-order valence-electron chi connectivity index (χ3n) is 7.35. The number of phenols is 2. The second-order valence-electron chi connectivity index (χ2n) is 10.8. The van der Waals surface area contributed by atoms with E-state index in [-0.39, 0.29) is 97.4 Å². The fourth-order valence-corrected chi connectivity index (χ4v) is 5.77. The number of aromatic amines is 1. The van der Waals surface area contributed by atoms with Crippen LogP contribution in [0, 0.1) is 11.1 Å².